The van der Waals surface area contributed by atoms with Gasteiger partial charge in [-0.1, -0.05) is 18.2 Å². The summed E-state index contributed by atoms with van der Waals surface area (Å²) in [5, 5.41) is 0. The first kappa shape index (κ1) is 11.9. The Morgan fingerprint density at radius 3 is 2.20 bits per heavy atom. The van der Waals surface area contributed by atoms with Crippen LogP contribution in [0, 0.1) is 13.8 Å². The molecule has 0 aliphatic carbocycles. The fourth-order valence-electron chi connectivity index (χ4n) is 1.83. The Labute approximate surface area is 91.9 Å². The minimum Gasteiger partial charge on any atom is -0.298 e. The van der Waals surface area contributed by atoms with Crippen molar-refractivity contribution in [3.8, 4) is 0 Å². The number of carbonyl (C=O) groups is 1. The molecule has 2 nitrogen and oxygen atoms in total. The minimum atomic E-state index is -0.121. The molecule has 0 N–H and O–H groups in total. The maximum atomic E-state index is 11.5. The van der Waals surface area contributed by atoms with Crippen molar-refractivity contribution in [2.24, 2.45) is 0 Å². The molecule has 0 heterocycles. The number of aryl methyl sites for hydroxylation is 2. The quantitative estimate of drug-likeness (QED) is 0.755. The summed E-state index contributed by atoms with van der Waals surface area (Å²) in [5.74, 6) is 0.184. The van der Waals surface area contributed by atoms with Gasteiger partial charge in [0.15, 0.2) is 5.78 Å². The Morgan fingerprint density at radius 1 is 1.20 bits per heavy atom. The van der Waals surface area contributed by atoms with Crippen molar-refractivity contribution in [1.29, 1.82) is 0 Å². The second-order valence-corrected chi connectivity index (χ2v) is 4.32. The molecule has 2 heteroatoms. The highest BCUT2D eigenvalue weighted by Crippen LogP contribution is 2.21. The summed E-state index contributed by atoms with van der Waals surface area (Å²) in [6.45, 7) is 5.79. The SMILES string of the molecule is CC(=O)C(c1ccc(C)c(C)c1)N(C)C. The summed E-state index contributed by atoms with van der Waals surface area (Å²) in [5.41, 5.74) is 3.58. The molecule has 1 aromatic carbocycles. The average Bonchev–Trinajstić information content (AvgIpc) is 2.10. The topological polar surface area (TPSA) is 20.3 Å². The summed E-state index contributed by atoms with van der Waals surface area (Å²) < 4.78 is 0. The van der Waals surface area contributed by atoms with Crippen LogP contribution in [-0.2, 0) is 4.79 Å². The van der Waals surface area contributed by atoms with Gasteiger partial charge in [-0.15, -0.1) is 0 Å². The third-order valence-corrected chi connectivity index (χ3v) is 2.75. The molecule has 0 bridgehead atoms. The normalized spacial score (nSPS) is 12.9. The van der Waals surface area contributed by atoms with E-state index in [2.05, 4.69) is 26.0 Å². The first-order chi connectivity index (χ1) is 6.93. The molecule has 1 atom stereocenters. The summed E-state index contributed by atoms with van der Waals surface area (Å²) in [4.78, 5) is 13.5. The van der Waals surface area contributed by atoms with E-state index in [1.807, 2.05) is 25.1 Å². The molecule has 15 heavy (non-hydrogen) atoms. The number of Topliss-reactive ketones (excluding diaryl/α,β-unsaturated/α-hetero) is 1. The van der Waals surface area contributed by atoms with Gasteiger partial charge in [-0.3, -0.25) is 9.69 Å². The van der Waals surface area contributed by atoms with Crippen LogP contribution in [0.2, 0.25) is 0 Å². The van der Waals surface area contributed by atoms with E-state index in [4.69, 9.17) is 0 Å². The molecule has 0 saturated heterocycles. The molecular weight excluding hydrogens is 186 g/mol. The summed E-state index contributed by atoms with van der Waals surface area (Å²) in [6.07, 6.45) is 0. The standard InChI is InChI=1S/C13H19NO/c1-9-6-7-12(8-10(9)2)13(11(3)15)14(4)5/h6-8,13H,1-5H3. The fraction of sp³-hybridized carbons (Fsp3) is 0.462. The highest BCUT2D eigenvalue weighted by molar-refractivity contribution is 5.82. The number of likely N-dealkylation sites (N-methyl/N-ethyl adjacent to an activating group) is 1. The Bertz CT molecular complexity index is 369. The van der Waals surface area contributed by atoms with Crippen LogP contribution in [0.25, 0.3) is 0 Å². The van der Waals surface area contributed by atoms with Crippen molar-refractivity contribution in [2.45, 2.75) is 26.8 Å². The molecule has 0 fully saturated rings. The van der Waals surface area contributed by atoms with E-state index >= 15 is 0 Å². The number of hydrogen-bond donors (Lipinski definition) is 0. The maximum Gasteiger partial charge on any atom is 0.151 e. The van der Waals surface area contributed by atoms with E-state index in [1.54, 1.807) is 6.92 Å². The second-order valence-electron chi connectivity index (χ2n) is 4.32. The molecule has 82 valence electrons. The average molecular weight is 205 g/mol. The molecule has 0 aliphatic heterocycles. The van der Waals surface area contributed by atoms with Crippen molar-refractivity contribution in [2.75, 3.05) is 14.1 Å². The molecule has 0 aromatic heterocycles. The molecule has 0 saturated carbocycles. The van der Waals surface area contributed by atoms with Gasteiger partial charge < -0.3 is 0 Å². The fourth-order valence-corrected chi connectivity index (χ4v) is 1.83. The number of hydrogen-bond acceptors (Lipinski definition) is 2. The van der Waals surface area contributed by atoms with E-state index in [9.17, 15) is 4.79 Å². The van der Waals surface area contributed by atoms with E-state index in [0.29, 0.717) is 0 Å². The lowest BCUT2D eigenvalue weighted by Gasteiger charge is -2.22. The number of benzene rings is 1. The second kappa shape index (κ2) is 4.58. The van der Waals surface area contributed by atoms with Gasteiger partial charge in [-0.05, 0) is 51.6 Å². The molecule has 1 rings (SSSR count). The van der Waals surface area contributed by atoms with Crippen molar-refractivity contribution >= 4 is 5.78 Å². The van der Waals surface area contributed by atoms with Crippen LogP contribution in [-0.4, -0.2) is 24.8 Å². The van der Waals surface area contributed by atoms with Crippen LogP contribution in [0.4, 0.5) is 0 Å². The lowest BCUT2D eigenvalue weighted by atomic mass is 9.98. The smallest absolute Gasteiger partial charge is 0.151 e. The Hall–Kier alpha value is -1.15. The molecule has 1 aromatic rings. The van der Waals surface area contributed by atoms with Crippen LogP contribution in [0.3, 0.4) is 0 Å². The van der Waals surface area contributed by atoms with E-state index in [0.717, 1.165) is 5.56 Å². The number of ketones is 1. The monoisotopic (exact) mass is 205 g/mol. The van der Waals surface area contributed by atoms with Crippen molar-refractivity contribution < 1.29 is 4.79 Å². The lowest BCUT2D eigenvalue weighted by molar-refractivity contribution is -0.121. The predicted molar refractivity (Wildman–Crippen MR) is 63.0 cm³/mol. The third kappa shape index (κ3) is 2.66. The number of carbonyl (C=O) groups excluding carboxylic acids is 1. The maximum absolute atomic E-state index is 11.5. The highest BCUT2D eigenvalue weighted by Gasteiger charge is 2.18. The summed E-state index contributed by atoms with van der Waals surface area (Å²) in [6, 6.07) is 6.09. The molecule has 0 amide bonds. The van der Waals surface area contributed by atoms with Gasteiger partial charge in [-0.2, -0.15) is 0 Å². The van der Waals surface area contributed by atoms with Gasteiger partial charge in [0.2, 0.25) is 0 Å². The largest absolute Gasteiger partial charge is 0.298 e. The van der Waals surface area contributed by atoms with E-state index in [-0.39, 0.29) is 11.8 Å². The van der Waals surface area contributed by atoms with Crippen LogP contribution in [0.5, 0.6) is 0 Å². The van der Waals surface area contributed by atoms with Gasteiger partial charge in [0, 0.05) is 0 Å². The van der Waals surface area contributed by atoms with Gasteiger partial charge in [0.05, 0.1) is 6.04 Å². The highest BCUT2D eigenvalue weighted by atomic mass is 16.1. The van der Waals surface area contributed by atoms with E-state index < -0.39 is 0 Å². The lowest BCUT2D eigenvalue weighted by Crippen LogP contribution is -2.26. The Balaban J connectivity index is 3.12. The van der Waals surface area contributed by atoms with Crippen molar-refractivity contribution in [3.63, 3.8) is 0 Å². The van der Waals surface area contributed by atoms with E-state index in [1.165, 1.54) is 11.1 Å². The van der Waals surface area contributed by atoms with Crippen molar-refractivity contribution in [1.82, 2.24) is 4.90 Å². The van der Waals surface area contributed by atoms with Gasteiger partial charge in [0.1, 0.15) is 0 Å². The van der Waals surface area contributed by atoms with Crippen molar-refractivity contribution in [3.05, 3.63) is 34.9 Å². The summed E-state index contributed by atoms with van der Waals surface area (Å²) >= 11 is 0. The Morgan fingerprint density at radius 2 is 1.80 bits per heavy atom. The zero-order chi connectivity index (χ0) is 11.6. The zero-order valence-electron chi connectivity index (χ0n) is 10.2. The van der Waals surface area contributed by atoms with Crippen LogP contribution in [0.15, 0.2) is 18.2 Å². The minimum absolute atomic E-state index is 0.121. The van der Waals surface area contributed by atoms with Gasteiger partial charge in [-0.25, -0.2) is 0 Å². The van der Waals surface area contributed by atoms with Crippen LogP contribution >= 0.6 is 0 Å². The predicted octanol–water partition coefficient (Wildman–Crippen LogP) is 2.50. The number of rotatable bonds is 3. The first-order valence-corrected chi connectivity index (χ1v) is 5.17. The summed E-state index contributed by atoms with van der Waals surface area (Å²) in [7, 11) is 3.86. The molecular formula is C13H19NO. The van der Waals surface area contributed by atoms with Gasteiger partial charge >= 0.3 is 0 Å². The molecule has 0 aliphatic rings. The molecule has 0 spiro atoms. The molecule has 1 unspecified atom stereocenters. The molecule has 0 radical (unpaired) electrons. The Kier molecular flexibility index (Phi) is 3.64. The zero-order valence-corrected chi connectivity index (χ0v) is 10.2. The van der Waals surface area contributed by atoms with Crippen LogP contribution < -0.4 is 0 Å². The van der Waals surface area contributed by atoms with Crippen LogP contribution in [0.1, 0.15) is 29.7 Å². The third-order valence-electron chi connectivity index (χ3n) is 2.75. The number of nitrogens with zero attached hydrogens (tertiary/aromatic N) is 1. The first-order valence-electron chi connectivity index (χ1n) is 5.17. The van der Waals surface area contributed by atoms with Gasteiger partial charge in [0.25, 0.3) is 0 Å².